The molecule has 0 bridgehead atoms. The molecule has 2 saturated heterocycles. The van der Waals surface area contributed by atoms with E-state index < -0.39 is 12.1 Å². The summed E-state index contributed by atoms with van der Waals surface area (Å²) in [7, 11) is 1.70. The predicted octanol–water partition coefficient (Wildman–Crippen LogP) is 1.97. The van der Waals surface area contributed by atoms with Crippen LogP contribution in [0.3, 0.4) is 0 Å². The van der Waals surface area contributed by atoms with E-state index in [2.05, 4.69) is 15.6 Å². The Kier molecular flexibility index (Phi) is 6.66. The molecule has 3 amide bonds. The minimum absolute atomic E-state index is 0.0330. The maximum atomic E-state index is 14.1. The third-order valence-corrected chi connectivity index (χ3v) is 7.45. The van der Waals surface area contributed by atoms with E-state index in [1.807, 2.05) is 29.8 Å². The Morgan fingerprint density at radius 2 is 1.91 bits per heavy atom. The average molecular weight is 472 g/mol. The number of benzene rings is 1. The Balaban J connectivity index is 1.69. The minimum Gasteiger partial charge on any atom is -0.361 e. The van der Waals surface area contributed by atoms with Gasteiger partial charge in [0.25, 0.3) is 0 Å². The molecule has 2 fully saturated rings. The van der Waals surface area contributed by atoms with Crippen LogP contribution in [0, 0.1) is 11.7 Å². The van der Waals surface area contributed by atoms with E-state index in [-0.39, 0.29) is 47.5 Å². The zero-order valence-corrected chi connectivity index (χ0v) is 20.4. The van der Waals surface area contributed by atoms with Crippen LogP contribution in [0.25, 0.3) is 10.9 Å². The van der Waals surface area contributed by atoms with E-state index in [1.165, 1.54) is 12.1 Å². The van der Waals surface area contributed by atoms with Crippen molar-refractivity contribution in [2.75, 3.05) is 20.1 Å². The van der Waals surface area contributed by atoms with Gasteiger partial charge in [-0.05, 0) is 50.1 Å². The number of fused-ring (bicyclic) bond motifs is 2. The number of aromatic nitrogens is 1. The number of nitrogens with one attached hydrogen (secondary N) is 3. The third-order valence-electron chi connectivity index (χ3n) is 7.45. The van der Waals surface area contributed by atoms with Crippen LogP contribution in [0.15, 0.2) is 24.4 Å². The highest BCUT2D eigenvalue weighted by Gasteiger charge is 2.53. The predicted molar refractivity (Wildman–Crippen MR) is 128 cm³/mol. The van der Waals surface area contributed by atoms with Gasteiger partial charge in [0.2, 0.25) is 17.7 Å². The first-order valence-corrected chi connectivity index (χ1v) is 12.0. The molecule has 0 unspecified atom stereocenters. The summed E-state index contributed by atoms with van der Waals surface area (Å²) in [4.78, 5) is 45.7. The van der Waals surface area contributed by atoms with Crippen LogP contribution in [0.4, 0.5) is 4.39 Å². The SMILES string of the molecule is CN[C@@H](C)C(=O)N[C@H](C(=O)N1CC[C@@H]2[C@H]1[C@@H](c1c[nH]c3ccc(F)cc13)CN2C(C)=O)C(C)C. The van der Waals surface area contributed by atoms with E-state index in [4.69, 9.17) is 0 Å². The molecule has 0 radical (unpaired) electrons. The zero-order valence-electron chi connectivity index (χ0n) is 20.4. The topological polar surface area (TPSA) is 97.5 Å². The fourth-order valence-corrected chi connectivity index (χ4v) is 5.50. The Hall–Kier alpha value is -2.94. The molecule has 9 heteroatoms. The van der Waals surface area contributed by atoms with Crippen LogP contribution in [0.5, 0.6) is 0 Å². The summed E-state index contributed by atoms with van der Waals surface area (Å²) in [6.07, 6.45) is 2.54. The maximum absolute atomic E-state index is 14.1. The monoisotopic (exact) mass is 471 g/mol. The first kappa shape index (κ1) is 24.2. The standard InChI is InChI=1S/C25H34FN5O3/c1-13(2)22(29-24(33)14(3)27-5)25(34)30-9-8-21-23(30)19(12-31(21)15(4)32)18-11-28-20-7-6-16(26)10-17(18)20/h6-7,10-11,13-14,19,21-23,27-28H,8-9,12H2,1-5H3,(H,29,33)/t14-,19+,21+,22-,23+/m0/s1. The molecule has 3 N–H and O–H groups in total. The molecule has 1 aromatic carbocycles. The molecule has 2 aliphatic heterocycles. The number of amides is 3. The lowest BCUT2D eigenvalue weighted by Gasteiger charge is -2.33. The Labute approximate surface area is 199 Å². The lowest BCUT2D eigenvalue weighted by atomic mass is 9.90. The first-order valence-electron chi connectivity index (χ1n) is 12.0. The van der Waals surface area contributed by atoms with Crippen molar-refractivity contribution in [3.05, 3.63) is 35.8 Å². The second-order valence-electron chi connectivity index (χ2n) is 9.83. The van der Waals surface area contributed by atoms with Crippen molar-refractivity contribution in [3.63, 3.8) is 0 Å². The van der Waals surface area contributed by atoms with Crippen LogP contribution in [-0.2, 0) is 14.4 Å². The molecular formula is C25H34FN5O3. The Bertz CT molecular complexity index is 1100. The molecule has 0 aliphatic carbocycles. The highest BCUT2D eigenvalue weighted by molar-refractivity contribution is 5.91. The number of likely N-dealkylation sites (N-methyl/N-ethyl adjacent to an activating group) is 1. The molecule has 1 aromatic heterocycles. The minimum atomic E-state index is -0.672. The van der Waals surface area contributed by atoms with Crippen LogP contribution in [0.1, 0.15) is 45.6 Å². The number of H-pyrrole nitrogens is 1. The summed E-state index contributed by atoms with van der Waals surface area (Å²) in [5.41, 5.74) is 1.72. The molecule has 0 spiro atoms. The summed E-state index contributed by atoms with van der Waals surface area (Å²) in [5.74, 6) is -0.992. The van der Waals surface area contributed by atoms with E-state index in [0.717, 1.165) is 16.5 Å². The number of carbonyl (C=O) groups excluding carboxylic acids is 3. The highest BCUT2D eigenvalue weighted by atomic mass is 19.1. The molecule has 0 saturated carbocycles. The largest absolute Gasteiger partial charge is 0.361 e. The summed E-state index contributed by atoms with van der Waals surface area (Å²) in [6.45, 7) is 8.10. The van der Waals surface area contributed by atoms with Crippen molar-refractivity contribution in [1.82, 2.24) is 25.4 Å². The van der Waals surface area contributed by atoms with Crippen LogP contribution >= 0.6 is 0 Å². The van der Waals surface area contributed by atoms with Crippen molar-refractivity contribution in [2.24, 2.45) is 5.92 Å². The number of hydrogen-bond donors (Lipinski definition) is 3. The Morgan fingerprint density at radius 1 is 1.18 bits per heavy atom. The maximum Gasteiger partial charge on any atom is 0.245 e. The van der Waals surface area contributed by atoms with Gasteiger partial charge in [0.15, 0.2) is 0 Å². The number of likely N-dealkylation sites (tertiary alicyclic amines) is 2. The average Bonchev–Trinajstić information content (AvgIpc) is 3.49. The molecule has 4 rings (SSSR count). The molecule has 5 atom stereocenters. The van der Waals surface area contributed by atoms with Gasteiger partial charge in [-0.3, -0.25) is 14.4 Å². The molecule has 184 valence electrons. The van der Waals surface area contributed by atoms with Crippen LogP contribution in [-0.4, -0.2) is 76.8 Å². The van der Waals surface area contributed by atoms with Crippen molar-refractivity contribution in [2.45, 2.75) is 64.2 Å². The third kappa shape index (κ3) is 4.17. The van der Waals surface area contributed by atoms with E-state index in [0.29, 0.717) is 19.5 Å². The van der Waals surface area contributed by atoms with Gasteiger partial charge >= 0.3 is 0 Å². The lowest BCUT2D eigenvalue weighted by Crippen LogP contribution is -2.56. The summed E-state index contributed by atoms with van der Waals surface area (Å²) in [5, 5.41) is 6.59. The number of aromatic amines is 1. The second kappa shape index (κ2) is 9.37. The summed E-state index contributed by atoms with van der Waals surface area (Å²) < 4.78 is 14.1. The van der Waals surface area contributed by atoms with Gasteiger partial charge in [-0.1, -0.05) is 13.8 Å². The van der Waals surface area contributed by atoms with Crippen molar-refractivity contribution in [3.8, 4) is 0 Å². The smallest absolute Gasteiger partial charge is 0.245 e. The van der Waals surface area contributed by atoms with Crippen LogP contribution in [0.2, 0.25) is 0 Å². The van der Waals surface area contributed by atoms with Crippen molar-refractivity contribution in [1.29, 1.82) is 0 Å². The fraction of sp³-hybridized carbons (Fsp3) is 0.560. The van der Waals surface area contributed by atoms with Crippen molar-refractivity contribution < 1.29 is 18.8 Å². The lowest BCUT2D eigenvalue weighted by molar-refractivity contribution is -0.139. The first-order chi connectivity index (χ1) is 16.1. The highest BCUT2D eigenvalue weighted by Crippen LogP contribution is 2.43. The summed E-state index contributed by atoms with van der Waals surface area (Å²) in [6, 6.07) is 3.18. The van der Waals surface area contributed by atoms with Gasteiger partial charge < -0.3 is 25.4 Å². The zero-order chi connectivity index (χ0) is 24.7. The number of hydrogen-bond acceptors (Lipinski definition) is 4. The summed E-state index contributed by atoms with van der Waals surface area (Å²) >= 11 is 0. The number of nitrogens with zero attached hydrogens (tertiary/aromatic N) is 2. The molecular weight excluding hydrogens is 437 g/mol. The van der Waals surface area contributed by atoms with Gasteiger partial charge in [-0.15, -0.1) is 0 Å². The van der Waals surface area contributed by atoms with Gasteiger partial charge in [-0.2, -0.15) is 0 Å². The van der Waals surface area contributed by atoms with Gasteiger partial charge in [0, 0.05) is 43.0 Å². The van der Waals surface area contributed by atoms with E-state index in [1.54, 1.807) is 27.0 Å². The van der Waals surface area contributed by atoms with Crippen molar-refractivity contribution >= 4 is 28.6 Å². The second-order valence-corrected chi connectivity index (χ2v) is 9.83. The molecule has 34 heavy (non-hydrogen) atoms. The number of rotatable bonds is 6. The van der Waals surface area contributed by atoms with E-state index >= 15 is 0 Å². The fourth-order valence-electron chi connectivity index (χ4n) is 5.50. The molecule has 2 aromatic rings. The normalized spacial score (nSPS) is 23.9. The van der Waals surface area contributed by atoms with Gasteiger partial charge in [0.05, 0.1) is 18.1 Å². The van der Waals surface area contributed by atoms with E-state index in [9.17, 15) is 18.8 Å². The molecule has 2 aliphatic rings. The molecule has 3 heterocycles. The number of halogens is 1. The van der Waals surface area contributed by atoms with Crippen LogP contribution < -0.4 is 10.6 Å². The molecule has 8 nitrogen and oxygen atoms in total. The van der Waals surface area contributed by atoms with Gasteiger partial charge in [-0.25, -0.2) is 4.39 Å². The number of carbonyl (C=O) groups is 3. The Morgan fingerprint density at radius 3 is 2.56 bits per heavy atom. The van der Waals surface area contributed by atoms with Gasteiger partial charge in [0.1, 0.15) is 11.9 Å². The quantitative estimate of drug-likeness (QED) is 0.600.